The Balaban J connectivity index is 2.02. The SMILES string of the molecule is O=C(NCc1cc(F)cc(C(F)(F)F)c1)Nc1ccccc1Br. The highest BCUT2D eigenvalue weighted by Crippen LogP contribution is 2.30. The molecule has 0 aliphatic heterocycles. The van der Waals surface area contributed by atoms with Crippen LogP contribution in [0.15, 0.2) is 46.9 Å². The van der Waals surface area contributed by atoms with Gasteiger partial charge in [-0.1, -0.05) is 12.1 Å². The third kappa shape index (κ3) is 4.95. The van der Waals surface area contributed by atoms with E-state index in [0.29, 0.717) is 16.2 Å². The standard InChI is InChI=1S/C15H11BrF4N2O/c16-12-3-1-2-4-13(12)22-14(23)21-8-9-5-10(15(18,19)20)7-11(17)6-9/h1-7H,8H2,(H2,21,22,23). The molecule has 0 aliphatic carbocycles. The van der Waals surface area contributed by atoms with Gasteiger partial charge in [-0.25, -0.2) is 9.18 Å². The smallest absolute Gasteiger partial charge is 0.334 e. The lowest BCUT2D eigenvalue weighted by Crippen LogP contribution is -2.28. The van der Waals surface area contributed by atoms with E-state index in [9.17, 15) is 22.4 Å². The minimum atomic E-state index is -4.64. The molecule has 0 saturated heterocycles. The molecule has 0 saturated carbocycles. The first-order chi connectivity index (χ1) is 10.8. The minimum absolute atomic E-state index is 0.0135. The van der Waals surface area contributed by atoms with Gasteiger partial charge in [0.25, 0.3) is 0 Å². The van der Waals surface area contributed by atoms with E-state index < -0.39 is 23.6 Å². The summed E-state index contributed by atoms with van der Waals surface area (Å²) >= 11 is 3.24. The highest BCUT2D eigenvalue weighted by atomic mass is 79.9. The second-order valence-electron chi connectivity index (χ2n) is 4.63. The van der Waals surface area contributed by atoms with Crippen molar-refractivity contribution >= 4 is 27.6 Å². The van der Waals surface area contributed by atoms with Crippen LogP contribution in [0, 0.1) is 5.82 Å². The molecule has 3 nitrogen and oxygen atoms in total. The van der Waals surface area contributed by atoms with Crippen LogP contribution in [0.25, 0.3) is 0 Å². The number of para-hydroxylation sites is 1. The van der Waals surface area contributed by atoms with E-state index in [0.717, 1.165) is 12.1 Å². The zero-order chi connectivity index (χ0) is 17.0. The first kappa shape index (κ1) is 17.3. The number of anilines is 1. The Kier molecular flexibility index (Phi) is 5.25. The van der Waals surface area contributed by atoms with Crippen LogP contribution in [-0.2, 0) is 12.7 Å². The summed E-state index contributed by atoms with van der Waals surface area (Å²) in [4.78, 5) is 11.7. The van der Waals surface area contributed by atoms with Crippen LogP contribution in [-0.4, -0.2) is 6.03 Å². The number of benzene rings is 2. The number of hydrogen-bond acceptors (Lipinski definition) is 1. The summed E-state index contributed by atoms with van der Waals surface area (Å²) in [6, 6.07) is 8.36. The molecule has 8 heteroatoms. The lowest BCUT2D eigenvalue weighted by molar-refractivity contribution is -0.137. The molecule has 0 heterocycles. The molecule has 2 rings (SSSR count). The van der Waals surface area contributed by atoms with E-state index in [2.05, 4.69) is 26.6 Å². The Morgan fingerprint density at radius 3 is 2.48 bits per heavy atom. The molecule has 0 atom stereocenters. The molecule has 2 N–H and O–H groups in total. The van der Waals surface area contributed by atoms with Gasteiger partial charge in [-0.3, -0.25) is 0 Å². The van der Waals surface area contributed by atoms with E-state index in [1.165, 1.54) is 0 Å². The Bertz CT molecular complexity index is 719. The predicted octanol–water partition coefficient (Wildman–Crippen LogP) is 4.93. The number of amides is 2. The fourth-order valence-corrected chi connectivity index (χ4v) is 2.21. The van der Waals surface area contributed by atoms with E-state index in [1.807, 2.05) is 0 Å². The maximum absolute atomic E-state index is 13.2. The summed E-state index contributed by atoms with van der Waals surface area (Å²) in [5.41, 5.74) is -0.583. The van der Waals surface area contributed by atoms with Gasteiger partial charge < -0.3 is 10.6 Å². The number of urea groups is 1. The van der Waals surface area contributed by atoms with Crippen molar-refractivity contribution in [2.24, 2.45) is 0 Å². The molecule has 2 aromatic rings. The lowest BCUT2D eigenvalue weighted by Gasteiger charge is -2.11. The first-order valence-electron chi connectivity index (χ1n) is 6.42. The molecule has 0 aromatic heterocycles. The summed E-state index contributed by atoms with van der Waals surface area (Å²) in [7, 11) is 0. The highest BCUT2D eigenvalue weighted by Gasteiger charge is 2.31. The molecule has 0 unspecified atom stereocenters. The van der Waals surface area contributed by atoms with Crippen molar-refractivity contribution in [3.63, 3.8) is 0 Å². The molecule has 0 spiro atoms. The number of rotatable bonds is 3. The van der Waals surface area contributed by atoms with E-state index in [4.69, 9.17) is 0 Å². The van der Waals surface area contributed by atoms with Crippen molar-refractivity contribution in [1.29, 1.82) is 0 Å². The van der Waals surface area contributed by atoms with Crippen molar-refractivity contribution < 1.29 is 22.4 Å². The van der Waals surface area contributed by atoms with Crippen molar-refractivity contribution in [2.45, 2.75) is 12.7 Å². The first-order valence-corrected chi connectivity index (χ1v) is 7.21. The third-order valence-electron chi connectivity index (χ3n) is 2.86. The Hall–Kier alpha value is -2.09. The Labute approximate surface area is 137 Å². The average Bonchev–Trinajstić information content (AvgIpc) is 2.46. The Morgan fingerprint density at radius 1 is 1.13 bits per heavy atom. The molecule has 2 amide bonds. The van der Waals surface area contributed by atoms with Gasteiger partial charge in [0, 0.05) is 11.0 Å². The van der Waals surface area contributed by atoms with Gasteiger partial charge >= 0.3 is 12.2 Å². The zero-order valence-corrected chi connectivity index (χ0v) is 13.1. The van der Waals surface area contributed by atoms with E-state index >= 15 is 0 Å². The molecule has 0 bridgehead atoms. The Morgan fingerprint density at radius 2 is 1.83 bits per heavy atom. The summed E-state index contributed by atoms with van der Waals surface area (Å²) in [6.07, 6.45) is -4.64. The maximum atomic E-state index is 13.2. The van der Waals surface area contributed by atoms with Gasteiger partial charge in [0.1, 0.15) is 5.82 Å². The van der Waals surface area contributed by atoms with Gasteiger partial charge in [-0.15, -0.1) is 0 Å². The third-order valence-corrected chi connectivity index (χ3v) is 3.55. The lowest BCUT2D eigenvalue weighted by atomic mass is 10.1. The molecule has 2 aromatic carbocycles. The number of alkyl halides is 3. The molecule has 122 valence electrons. The number of halogens is 5. The minimum Gasteiger partial charge on any atom is -0.334 e. The van der Waals surface area contributed by atoms with Crippen molar-refractivity contribution in [2.75, 3.05) is 5.32 Å². The monoisotopic (exact) mass is 390 g/mol. The van der Waals surface area contributed by atoms with Crippen LogP contribution in [0.3, 0.4) is 0 Å². The van der Waals surface area contributed by atoms with Gasteiger partial charge in [0.2, 0.25) is 0 Å². The summed E-state index contributed by atoms with van der Waals surface area (Å²) in [5, 5.41) is 4.90. The van der Waals surface area contributed by atoms with Gasteiger partial charge in [0.05, 0.1) is 11.3 Å². The second-order valence-corrected chi connectivity index (χ2v) is 5.49. The van der Waals surface area contributed by atoms with Crippen molar-refractivity contribution in [3.05, 3.63) is 63.9 Å². The zero-order valence-electron chi connectivity index (χ0n) is 11.5. The largest absolute Gasteiger partial charge is 0.416 e. The van der Waals surface area contributed by atoms with Crippen LogP contribution in [0.1, 0.15) is 11.1 Å². The van der Waals surface area contributed by atoms with Crippen LogP contribution in [0.5, 0.6) is 0 Å². The quantitative estimate of drug-likeness (QED) is 0.716. The van der Waals surface area contributed by atoms with E-state index in [-0.39, 0.29) is 12.1 Å². The fourth-order valence-electron chi connectivity index (χ4n) is 1.83. The van der Waals surface area contributed by atoms with Gasteiger partial charge in [-0.2, -0.15) is 13.2 Å². The maximum Gasteiger partial charge on any atom is 0.416 e. The predicted molar refractivity (Wildman–Crippen MR) is 81.4 cm³/mol. The fraction of sp³-hybridized carbons (Fsp3) is 0.133. The summed E-state index contributed by atoms with van der Waals surface area (Å²) < 4.78 is 51.7. The average molecular weight is 391 g/mol. The van der Waals surface area contributed by atoms with Crippen molar-refractivity contribution in [3.8, 4) is 0 Å². The van der Waals surface area contributed by atoms with Crippen LogP contribution < -0.4 is 10.6 Å². The van der Waals surface area contributed by atoms with Crippen LogP contribution >= 0.6 is 15.9 Å². The van der Waals surface area contributed by atoms with Crippen LogP contribution in [0.2, 0.25) is 0 Å². The molecular formula is C15H11BrF4N2O. The highest BCUT2D eigenvalue weighted by molar-refractivity contribution is 9.10. The topological polar surface area (TPSA) is 41.1 Å². The van der Waals surface area contributed by atoms with Crippen LogP contribution in [0.4, 0.5) is 28.0 Å². The number of carbonyl (C=O) groups is 1. The number of hydrogen-bond donors (Lipinski definition) is 2. The summed E-state index contributed by atoms with van der Waals surface area (Å²) in [6.45, 7) is -0.239. The second kappa shape index (κ2) is 6.99. The number of nitrogens with one attached hydrogen (secondary N) is 2. The number of carbonyl (C=O) groups excluding carboxylic acids is 1. The molecule has 0 radical (unpaired) electrons. The van der Waals surface area contributed by atoms with Gasteiger partial charge in [-0.05, 0) is 51.8 Å². The normalized spacial score (nSPS) is 11.2. The molecule has 0 aliphatic rings. The van der Waals surface area contributed by atoms with E-state index in [1.54, 1.807) is 24.3 Å². The molecule has 0 fully saturated rings. The van der Waals surface area contributed by atoms with Crippen molar-refractivity contribution in [1.82, 2.24) is 5.32 Å². The summed E-state index contributed by atoms with van der Waals surface area (Å²) in [5.74, 6) is -1.01. The van der Waals surface area contributed by atoms with Gasteiger partial charge in [0.15, 0.2) is 0 Å². The molecule has 23 heavy (non-hydrogen) atoms. The molecular weight excluding hydrogens is 380 g/mol.